The number of fused-ring (bicyclic) bond motifs is 1. The molecule has 0 atom stereocenters. The van der Waals surface area contributed by atoms with E-state index in [1.807, 2.05) is 23.1 Å². The van der Waals surface area contributed by atoms with Gasteiger partial charge in [-0.05, 0) is 44.4 Å². The molecule has 1 aromatic carbocycles. The van der Waals surface area contributed by atoms with Gasteiger partial charge in [-0.2, -0.15) is 0 Å². The molecule has 0 radical (unpaired) electrons. The van der Waals surface area contributed by atoms with Gasteiger partial charge in [0.1, 0.15) is 11.6 Å². The normalized spacial score (nSPS) is 17.5. The maximum absolute atomic E-state index is 12.9. The number of likely N-dealkylation sites (N-methyl/N-ethyl adjacent to an activating group) is 1. The summed E-state index contributed by atoms with van der Waals surface area (Å²) in [6.45, 7) is 10.9. The summed E-state index contributed by atoms with van der Waals surface area (Å²) in [6.07, 6.45) is 3.84. The molecule has 0 bridgehead atoms. The molecule has 1 aliphatic heterocycles. The molecule has 4 rings (SSSR count). The summed E-state index contributed by atoms with van der Waals surface area (Å²) in [6, 6.07) is 5.85. The van der Waals surface area contributed by atoms with E-state index < -0.39 is 0 Å². The Kier molecular flexibility index (Phi) is 6.74. The van der Waals surface area contributed by atoms with Crippen LogP contribution in [0.3, 0.4) is 0 Å². The predicted molar refractivity (Wildman–Crippen MR) is 121 cm³/mol. The number of carbonyl (C=O) groups excluding carboxylic acids is 1. The summed E-state index contributed by atoms with van der Waals surface area (Å²) < 4.78 is 0. The number of nitrogens with zero attached hydrogens (tertiary/aromatic N) is 4. The maximum atomic E-state index is 12.9. The van der Waals surface area contributed by atoms with Crippen molar-refractivity contribution in [3.63, 3.8) is 0 Å². The minimum atomic E-state index is 0.259. The highest BCUT2D eigenvalue weighted by Gasteiger charge is 2.29. The van der Waals surface area contributed by atoms with Crippen LogP contribution in [0.15, 0.2) is 18.2 Å². The molecule has 1 aromatic heterocycles. The van der Waals surface area contributed by atoms with E-state index in [9.17, 15) is 4.79 Å². The zero-order valence-corrected chi connectivity index (χ0v) is 18.9. The SMILES string of the molecule is CCCN(CCC(=O)N1CC[NH+](CC)CC1)c1nc(C2CC2)nc2cc(Cl)ccc12. The number of quaternary nitrogens is 1. The lowest BCUT2D eigenvalue weighted by molar-refractivity contribution is -0.902. The fourth-order valence-corrected chi connectivity index (χ4v) is 4.44. The number of piperazine rings is 1. The molecule has 1 N–H and O–H groups in total. The van der Waals surface area contributed by atoms with Gasteiger partial charge >= 0.3 is 0 Å². The lowest BCUT2D eigenvalue weighted by atomic mass is 10.2. The number of halogens is 1. The van der Waals surface area contributed by atoms with E-state index >= 15 is 0 Å². The van der Waals surface area contributed by atoms with Gasteiger partial charge in [-0.3, -0.25) is 4.79 Å². The monoisotopic (exact) mass is 430 g/mol. The molecule has 1 aliphatic carbocycles. The largest absolute Gasteiger partial charge is 0.355 e. The Morgan fingerprint density at radius 3 is 2.63 bits per heavy atom. The van der Waals surface area contributed by atoms with Crippen molar-refractivity contribution < 1.29 is 9.69 Å². The molecule has 2 fully saturated rings. The number of nitrogens with one attached hydrogen (secondary N) is 1. The summed E-state index contributed by atoms with van der Waals surface area (Å²) in [5.41, 5.74) is 0.903. The number of hydrogen-bond donors (Lipinski definition) is 1. The number of rotatable bonds is 8. The molecule has 7 heteroatoms. The lowest BCUT2D eigenvalue weighted by Crippen LogP contribution is -3.14. The highest BCUT2D eigenvalue weighted by molar-refractivity contribution is 6.31. The Balaban J connectivity index is 1.52. The second kappa shape index (κ2) is 9.48. The number of hydrogen-bond acceptors (Lipinski definition) is 4. The maximum Gasteiger partial charge on any atom is 0.224 e. The van der Waals surface area contributed by atoms with Crippen LogP contribution >= 0.6 is 11.6 Å². The van der Waals surface area contributed by atoms with Crippen LogP contribution in [0, 0.1) is 0 Å². The lowest BCUT2D eigenvalue weighted by Gasteiger charge is -2.32. The van der Waals surface area contributed by atoms with Crippen LogP contribution in [0.25, 0.3) is 10.9 Å². The fraction of sp³-hybridized carbons (Fsp3) is 0.609. The van der Waals surface area contributed by atoms with Crippen molar-refractivity contribution in [2.75, 3.05) is 50.7 Å². The van der Waals surface area contributed by atoms with Crippen molar-refractivity contribution in [3.05, 3.63) is 29.0 Å². The topological polar surface area (TPSA) is 53.8 Å². The smallest absolute Gasteiger partial charge is 0.224 e. The first-order valence-corrected chi connectivity index (χ1v) is 11.8. The average molecular weight is 431 g/mol. The minimum absolute atomic E-state index is 0.259. The number of benzene rings is 1. The van der Waals surface area contributed by atoms with Gasteiger partial charge in [0.15, 0.2) is 0 Å². The van der Waals surface area contributed by atoms with E-state index in [-0.39, 0.29) is 5.91 Å². The second-order valence-corrected chi connectivity index (χ2v) is 9.00. The number of carbonyl (C=O) groups is 1. The van der Waals surface area contributed by atoms with E-state index in [0.29, 0.717) is 23.9 Å². The third-order valence-electron chi connectivity index (χ3n) is 6.31. The molecule has 2 heterocycles. The first kappa shape index (κ1) is 21.3. The molecule has 1 saturated carbocycles. The van der Waals surface area contributed by atoms with Crippen LogP contribution in [-0.4, -0.2) is 66.6 Å². The van der Waals surface area contributed by atoms with Gasteiger partial charge < -0.3 is 14.7 Å². The summed E-state index contributed by atoms with van der Waals surface area (Å²) in [4.78, 5) is 28.5. The van der Waals surface area contributed by atoms with Crippen molar-refractivity contribution in [1.29, 1.82) is 0 Å². The van der Waals surface area contributed by atoms with Crippen LogP contribution in [0.2, 0.25) is 5.02 Å². The van der Waals surface area contributed by atoms with Crippen LogP contribution in [-0.2, 0) is 4.79 Å². The number of amides is 1. The predicted octanol–water partition coefficient (Wildman–Crippen LogP) is 2.51. The third-order valence-corrected chi connectivity index (χ3v) is 6.55. The van der Waals surface area contributed by atoms with Gasteiger partial charge in [-0.15, -0.1) is 0 Å². The first-order chi connectivity index (χ1) is 14.6. The summed E-state index contributed by atoms with van der Waals surface area (Å²) in [5.74, 6) is 2.60. The second-order valence-electron chi connectivity index (χ2n) is 8.56. The van der Waals surface area contributed by atoms with E-state index in [4.69, 9.17) is 21.6 Å². The van der Waals surface area contributed by atoms with Gasteiger partial charge in [-0.1, -0.05) is 18.5 Å². The van der Waals surface area contributed by atoms with Crippen molar-refractivity contribution in [1.82, 2.24) is 14.9 Å². The molecule has 6 nitrogen and oxygen atoms in total. The summed E-state index contributed by atoms with van der Waals surface area (Å²) in [7, 11) is 0. The highest BCUT2D eigenvalue weighted by Crippen LogP contribution is 2.40. The Labute approximate surface area is 184 Å². The van der Waals surface area contributed by atoms with Gasteiger partial charge in [0.05, 0.1) is 38.2 Å². The number of aromatic nitrogens is 2. The zero-order chi connectivity index (χ0) is 21.1. The molecular formula is C23H33ClN5O+. The van der Waals surface area contributed by atoms with Crippen molar-refractivity contribution in [2.45, 2.75) is 45.4 Å². The third kappa shape index (κ3) is 4.86. The molecule has 162 valence electrons. The quantitative estimate of drug-likeness (QED) is 0.699. The molecule has 2 aliphatic rings. The van der Waals surface area contributed by atoms with Crippen LogP contribution in [0.4, 0.5) is 5.82 Å². The zero-order valence-electron chi connectivity index (χ0n) is 18.2. The van der Waals surface area contributed by atoms with Crippen molar-refractivity contribution >= 4 is 34.2 Å². The minimum Gasteiger partial charge on any atom is -0.355 e. The van der Waals surface area contributed by atoms with Gasteiger partial charge in [0.25, 0.3) is 0 Å². The van der Waals surface area contributed by atoms with Crippen LogP contribution in [0.1, 0.15) is 51.3 Å². The van der Waals surface area contributed by atoms with E-state index in [1.54, 1.807) is 4.90 Å². The van der Waals surface area contributed by atoms with Crippen LogP contribution in [0.5, 0.6) is 0 Å². The van der Waals surface area contributed by atoms with E-state index in [2.05, 4.69) is 18.7 Å². The highest BCUT2D eigenvalue weighted by atomic mass is 35.5. The Bertz CT molecular complexity index is 893. The Morgan fingerprint density at radius 2 is 1.97 bits per heavy atom. The van der Waals surface area contributed by atoms with E-state index in [1.165, 1.54) is 0 Å². The van der Waals surface area contributed by atoms with Crippen molar-refractivity contribution in [2.24, 2.45) is 0 Å². The molecule has 30 heavy (non-hydrogen) atoms. The molecular weight excluding hydrogens is 398 g/mol. The van der Waals surface area contributed by atoms with Gasteiger partial charge in [-0.25, -0.2) is 9.97 Å². The standard InChI is InChI=1S/C23H32ClN5O/c1-3-10-29(11-9-21(30)28-14-12-27(4-2)13-15-28)23-19-8-7-18(24)16-20(19)25-22(26-23)17-5-6-17/h7-8,16-17H,3-6,9-15H2,1-2H3/p+1. The molecule has 1 amide bonds. The Morgan fingerprint density at radius 1 is 1.20 bits per heavy atom. The summed E-state index contributed by atoms with van der Waals surface area (Å²) in [5, 5.41) is 1.71. The summed E-state index contributed by atoms with van der Waals surface area (Å²) >= 11 is 6.24. The van der Waals surface area contributed by atoms with Crippen LogP contribution < -0.4 is 9.80 Å². The number of anilines is 1. The van der Waals surface area contributed by atoms with E-state index in [0.717, 1.165) is 81.1 Å². The van der Waals surface area contributed by atoms with Crippen molar-refractivity contribution in [3.8, 4) is 0 Å². The first-order valence-electron chi connectivity index (χ1n) is 11.4. The molecule has 1 saturated heterocycles. The molecule has 2 aromatic rings. The molecule has 0 spiro atoms. The molecule has 0 unspecified atom stereocenters. The van der Waals surface area contributed by atoms with Gasteiger partial charge in [0.2, 0.25) is 5.91 Å². The fourth-order valence-electron chi connectivity index (χ4n) is 4.28. The Hall–Kier alpha value is -1.92. The average Bonchev–Trinajstić information content (AvgIpc) is 3.61. The van der Waals surface area contributed by atoms with Gasteiger partial charge in [0, 0.05) is 35.8 Å².